The molecular weight excluding hydrogens is 542 g/mol. The SMILES string of the molecule is CCCCC=CC(CCNCCC(C=CCCCC)=C(c1ccccc1)c1ccccc1)=C(c1ccccc1)c1ccccc1. The van der Waals surface area contributed by atoms with E-state index in [9.17, 15) is 0 Å². The number of allylic oxidation sites excluding steroid dienone is 4. The minimum absolute atomic E-state index is 0.926. The van der Waals surface area contributed by atoms with Gasteiger partial charge in [-0.1, -0.05) is 185 Å². The lowest BCUT2D eigenvalue weighted by Gasteiger charge is -2.17. The van der Waals surface area contributed by atoms with Crippen LogP contribution in [-0.2, 0) is 0 Å². The first-order valence-electron chi connectivity index (χ1n) is 17.0. The number of nitrogens with one attached hydrogen (secondary N) is 1. The molecule has 0 saturated heterocycles. The van der Waals surface area contributed by atoms with E-state index in [-0.39, 0.29) is 0 Å². The molecule has 0 aliphatic heterocycles. The van der Waals surface area contributed by atoms with Crippen molar-refractivity contribution in [3.8, 4) is 0 Å². The van der Waals surface area contributed by atoms with Gasteiger partial charge in [0.05, 0.1) is 0 Å². The number of hydrogen-bond donors (Lipinski definition) is 1. The highest BCUT2D eigenvalue weighted by molar-refractivity contribution is 5.84. The Hall–Kier alpha value is -4.20. The third-order valence-electron chi connectivity index (χ3n) is 8.12. The van der Waals surface area contributed by atoms with Gasteiger partial charge >= 0.3 is 0 Å². The van der Waals surface area contributed by atoms with Crippen LogP contribution in [0.3, 0.4) is 0 Å². The van der Waals surface area contributed by atoms with Crippen LogP contribution >= 0.6 is 0 Å². The fraction of sp³-hybridized carbons (Fsp3) is 0.273. The molecule has 45 heavy (non-hydrogen) atoms. The Kier molecular flexibility index (Phi) is 14.9. The summed E-state index contributed by atoms with van der Waals surface area (Å²) in [4.78, 5) is 0. The topological polar surface area (TPSA) is 12.0 Å². The Labute approximate surface area is 273 Å². The summed E-state index contributed by atoms with van der Waals surface area (Å²) in [6.07, 6.45) is 18.6. The summed E-state index contributed by atoms with van der Waals surface area (Å²) < 4.78 is 0. The zero-order valence-corrected chi connectivity index (χ0v) is 27.4. The molecule has 0 amide bonds. The molecule has 1 N–H and O–H groups in total. The van der Waals surface area contributed by atoms with E-state index in [2.05, 4.69) is 165 Å². The average molecular weight is 594 g/mol. The van der Waals surface area contributed by atoms with Crippen LogP contribution in [0.5, 0.6) is 0 Å². The minimum Gasteiger partial charge on any atom is -0.316 e. The van der Waals surface area contributed by atoms with Crippen molar-refractivity contribution < 1.29 is 0 Å². The lowest BCUT2D eigenvalue weighted by Crippen LogP contribution is -2.18. The van der Waals surface area contributed by atoms with E-state index in [1.54, 1.807) is 0 Å². The van der Waals surface area contributed by atoms with Gasteiger partial charge in [0.2, 0.25) is 0 Å². The van der Waals surface area contributed by atoms with Gasteiger partial charge in [0, 0.05) is 0 Å². The normalized spacial score (nSPS) is 11.2. The van der Waals surface area contributed by atoms with Crippen LogP contribution in [0.4, 0.5) is 0 Å². The summed E-state index contributed by atoms with van der Waals surface area (Å²) in [5.41, 5.74) is 10.5. The van der Waals surface area contributed by atoms with Crippen LogP contribution in [0, 0.1) is 0 Å². The second-order valence-corrected chi connectivity index (χ2v) is 11.6. The van der Waals surface area contributed by atoms with Crippen molar-refractivity contribution in [2.45, 2.75) is 65.2 Å². The predicted octanol–water partition coefficient (Wildman–Crippen LogP) is 11.9. The Balaban J connectivity index is 1.58. The molecule has 4 rings (SSSR count). The van der Waals surface area contributed by atoms with E-state index in [1.807, 2.05) is 0 Å². The molecule has 0 heterocycles. The number of unbranched alkanes of at least 4 members (excludes halogenated alkanes) is 4. The van der Waals surface area contributed by atoms with E-state index in [0.717, 1.165) is 38.8 Å². The number of benzene rings is 4. The zero-order chi connectivity index (χ0) is 31.4. The molecule has 0 saturated carbocycles. The van der Waals surface area contributed by atoms with E-state index in [4.69, 9.17) is 0 Å². The van der Waals surface area contributed by atoms with Gasteiger partial charge in [-0.15, -0.1) is 0 Å². The van der Waals surface area contributed by atoms with Gasteiger partial charge in [-0.25, -0.2) is 0 Å². The maximum absolute atomic E-state index is 3.83. The largest absolute Gasteiger partial charge is 0.316 e. The van der Waals surface area contributed by atoms with Crippen molar-refractivity contribution in [2.24, 2.45) is 0 Å². The van der Waals surface area contributed by atoms with Gasteiger partial charge < -0.3 is 5.32 Å². The first-order valence-corrected chi connectivity index (χ1v) is 17.0. The van der Waals surface area contributed by atoms with Crippen molar-refractivity contribution in [3.05, 3.63) is 179 Å². The van der Waals surface area contributed by atoms with Crippen molar-refractivity contribution in [1.82, 2.24) is 5.32 Å². The average Bonchev–Trinajstić information content (AvgIpc) is 3.10. The summed E-state index contributed by atoms with van der Waals surface area (Å²) in [6, 6.07) is 43.5. The summed E-state index contributed by atoms with van der Waals surface area (Å²) in [7, 11) is 0. The molecule has 0 aliphatic rings. The van der Waals surface area contributed by atoms with Crippen LogP contribution in [-0.4, -0.2) is 13.1 Å². The first-order chi connectivity index (χ1) is 22.3. The lowest BCUT2D eigenvalue weighted by atomic mass is 9.90. The standard InChI is InChI=1S/C44H51N/c1-3-5-7-13-31-41(43(37-23-15-9-16-24-37)38-25-17-10-18-26-38)33-35-45-36-34-42(32-14-8-6-4-2)44(39-27-19-11-20-28-39)40-29-21-12-22-30-40/h9-32,45H,3-8,33-36H2,1-2H3. The fourth-order valence-corrected chi connectivity index (χ4v) is 5.74. The highest BCUT2D eigenvalue weighted by Crippen LogP contribution is 2.31. The maximum Gasteiger partial charge on any atom is -0.000800 e. The smallest absolute Gasteiger partial charge is 0.000800 e. The second kappa shape index (κ2) is 20.0. The molecule has 0 radical (unpaired) electrons. The maximum atomic E-state index is 3.83. The molecule has 4 aromatic rings. The van der Waals surface area contributed by atoms with Crippen molar-refractivity contribution in [1.29, 1.82) is 0 Å². The van der Waals surface area contributed by atoms with Crippen LogP contribution < -0.4 is 5.32 Å². The monoisotopic (exact) mass is 593 g/mol. The lowest BCUT2D eigenvalue weighted by molar-refractivity contribution is 0.684. The third kappa shape index (κ3) is 11.0. The first kappa shape index (κ1) is 33.7. The Bertz CT molecular complexity index is 1290. The highest BCUT2D eigenvalue weighted by Gasteiger charge is 2.12. The number of rotatable bonds is 18. The van der Waals surface area contributed by atoms with E-state index >= 15 is 0 Å². The molecule has 232 valence electrons. The summed E-state index contributed by atoms with van der Waals surface area (Å²) in [6.45, 7) is 6.37. The van der Waals surface area contributed by atoms with Crippen LogP contribution in [0.25, 0.3) is 11.1 Å². The van der Waals surface area contributed by atoms with E-state index in [0.29, 0.717) is 0 Å². The van der Waals surface area contributed by atoms with Crippen molar-refractivity contribution in [2.75, 3.05) is 13.1 Å². The molecule has 1 heteroatoms. The van der Waals surface area contributed by atoms with Crippen molar-refractivity contribution >= 4 is 11.1 Å². The van der Waals surface area contributed by atoms with Gasteiger partial charge in [-0.3, -0.25) is 0 Å². The molecule has 0 unspecified atom stereocenters. The summed E-state index contributed by atoms with van der Waals surface area (Å²) in [5, 5.41) is 3.83. The Morgan fingerprint density at radius 3 is 1.07 bits per heavy atom. The molecule has 1 nitrogen and oxygen atoms in total. The van der Waals surface area contributed by atoms with E-state index in [1.165, 1.54) is 70.2 Å². The summed E-state index contributed by atoms with van der Waals surface area (Å²) >= 11 is 0. The number of hydrogen-bond acceptors (Lipinski definition) is 1. The fourth-order valence-electron chi connectivity index (χ4n) is 5.74. The van der Waals surface area contributed by atoms with Gasteiger partial charge in [0.25, 0.3) is 0 Å². The molecule has 0 bridgehead atoms. The van der Waals surface area contributed by atoms with Crippen LogP contribution in [0.2, 0.25) is 0 Å². The second-order valence-electron chi connectivity index (χ2n) is 11.6. The molecular formula is C44H51N. The summed E-state index contributed by atoms with van der Waals surface area (Å²) in [5.74, 6) is 0. The van der Waals surface area contributed by atoms with Gasteiger partial charge in [-0.05, 0) is 83.3 Å². The molecule has 0 aromatic heterocycles. The van der Waals surface area contributed by atoms with Crippen molar-refractivity contribution in [3.63, 3.8) is 0 Å². The molecule has 0 fully saturated rings. The molecule has 0 spiro atoms. The highest BCUT2D eigenvalue weighted by atomic mass is 14.8. The molecule has 4 aromatic carbocycles. The van der Waals surface area contributed by atoms with Gasteiger partial charge in [0.1, 0.15) is 0 Å². The quantitative estimate of drug-likeness (QED) is 0.0894. The Morgan fingerprint density at radius 1 is 0.467 bits per heavy atom. The Morgan fingerprint density at radius 2 is 0.778 bits per heavy atom. The van der Waals surface area contributed by atoms with Crippen LogP contribution in [0.15, 0.2) is 157 Å². The van der Waals surface area contributed by atoms with Gasteiger partial charge in [-0.2, -0.15) is 0 Å². The van der Waals surface area contributed by atoms with Crippen LogP contribution in [0.1, 0.15) is 87.5 Å². The molecule has 0 atom stereocenters. The molecule has 0 aliphatic carbocycles. The predicted molar refractivity (Wildman–Crippen MR) is 197 cm³/mol. The van der Waals surface area contributed by atoms with Gasteiger partial charge in [0.15, 0.2) is 0 Å². The zero-order valence-electron chi connectivity index (χ0n) is 27.4. The van der Waals surface area contributed by atoms with E-state index < -0.39 is 0 Å². The minimum atomic E-state index is 0.926. The third-order valence-corrected chi connectivity index (χ3v) is 8.12.